The van der Waals surface area contributed by atoms with Crippen molar-refractivity contribution in [3.8, 4) is 0 Å². The van der Waals surface area contributed by atoms with E-state index in [-0.39, 0.29) is 5.91 Å². The fourth-order valence-corrected chi connectivity index (χ4v) is 2.34. The van der Waals surface area contributed by atoms with Gasteiger partial charge >= 0.3 is 0 Å². The monoisotopic (exact) mass is 268 g/mol. The number of carbonyl (C=O) groups excluding carboxylic acids is 1. The average molecular weight is 269 g/mol. The van der Waals surface area contributed by atoms with Crippen LogP contribution in [0.5, 0.6) is 0 Å². The molecule has 1 atom stereocenters. The first-order valence-corrected chi connectivity index (χ1v) is 6.46. The molecule has 1 aromatic carbocycles. The molecule has 18 heavy (non-hydrogen) atoms. The fraction of sp³-hybridized carbons (Fsp3) is 0.462. The predicted molar refractivity (Wildman–Crippen MR) is 71.7 cm³/mol. The normalized spacial score (nSPS) is 19.5. The number of anilines is 1. The zero-order chi connectivity index (χ0) is 13.0. The first-order valence-electron chi connectivity index (χ1n) is 6.08. The van der Waals surface area contributed by atoms with Gasteiger partial charge in [0.15, 0.2) is 0 Å². The van der Waals surface area contributed by atoms with E-state index in [2.05, 4.69) is 5.32 Å². The maximum atomic E-state index is 12.0. The lowest BCUT2D eigenvalue weighted by Gasteiger charge is -2.22. The number of ether oxygens (including phenoxy) is 1. The number of amides is 1. The van der Waals surface area contributed by atoms with Gasteiger partial charge in [-0.2, -0.15) is 0 Å². The summed E-state index contributed by atoms with van der Waals surface area (Å²) >= 11 is 5.98. The summed E-state index contributed by atoms with van der Waals surface area (Å²) in [5, 5.41) is 3.25. The number of benzene rings is 1. The smallest absolute Gasteiger partial charge is 0.254 e. The van der Waals surface area contributed by atoms with E-state index in [1.54, 1.807) is 18.2 Å². The Kier molecular flexibility index (Phi) is 4.44. The molecule has 1 aromatic rings. The molecule has 1 aliphatic rings. The van der Waals surface area contributed by atoms with Crippen molar-refractivity contribution >= 4 is 23.2 Å². The van der Waals surface area contributed by atoms with Gasteiger partial charge in [-0.05, 0) is 30.9 Å². The van der Waals surface area contributed by atoms with Crippen LogP contribution in [-0.4, -0.2) is 25.7 Å². The van der Waals surface area contributed by atoms with E-state index in [0.29, 0.717) is 35.3 Å². The molecule has 0 spiro atoms. The van der Waals surface area contributed by atoms with Crippen LogP contribution in [0.2, 0.25) is 5.02 Å². The van der Waals surface area contributed by atoms with Gasteiger partial charge in [-0.25, -0.2) is 0 Å². The number of carbonyl (C=O) groups is 1. The molecule has 3 N–H and O–H groups in total. The Labute approximate surface area is 111 Å². The van der Waals surface area contributed by atoms with Gasteiger partial charge in [0.25, 0.3) is 5.91 Å². The SMILES string of the molecule is Nc1cccc(Cl)c1C(=O)NCC1CCCOC1. The van der Waals surface area contributed by atoms with Gasteiger partial charge in [0.2, 0.25) is 0 Å². The molecule has 0 saturated carbocycles. The number of halogens is 1. The molecule has 1 saturated heterocycles. The third kappa shape index (κ3) is 3.15. The Morgan fingerprint density at radius 2 is 2.39 bits per heavy atom. The van der Waals surface area contributed by atoms with Crippen molar-refractivity contribution in [1.29, 1.82) is 0 Å². The van der Waals surface area contributed by atoms with Crippen molar-refractivity contribution in [3.63, 3.8) is 0 Å². The predicted octanol–water partition coefficient (Wildman–Crippen LogP) is 2.08. The first kappa shape index (κ1) is 13.2. The van der Waals surface area contributed by atoms with Crippen LogP contribution in [0.1, 0.15) is 23.2 Å². The van der Waals surface area contributed by atoms with Crippen LogP contribution in [0.15, 0.2) is 18.2 Å². The van der Waals surface area contributed by atoms with Gasteiger partial charge in [-0.15, -0.1) is 0 Å². The lowest BCUT2D eigenvalue weighted by atomic mass is 10.0. The number of rotatable bonds is 3. The summed E-state index contributed by atoms with van der Waals surface area (Å²) in [7, 11) is 0. The van der Waals surface area contributed by atoms with E-state index in [9.17, 15) is 4.79 Å². The zero-order valence-corrected chi connectivity index (χ0v) is 10.9. The summed E-state index contributed by atoms with van der Waals surface area (Å²) in [5.74, 6) is 0.162. The Bertz CT molecular complexity index is 411. The van der Waals surface area contributed by atoms with E-state index >= 15 is 0 Å². The van der Waals surface area contributed by atoms with E-state index in [4.69, 9.17) is 22.1 Å². The molecule has 5 heteroatoms. The average Bonchev–Trinajstić information content (AvgIpc) is 2.37. The summed E-state index contributed by atoms with van der Waals surface area (Å²) in [6.07, 6.45) is 2.13. The summed E-state index contributed by atoms with van der Waals surface area (Å²) in [6.45, 7) is 2.13. The highest BCUT2D eigenvalue weighted by Gasteiger charge is 2.17. The minimum atomic E-state index is -0.219. The van der Waals surface area contributed by atoms with Gasteiger partial charge in [-0.3, -0.25) is 4.79 Å². The van der Waals surface area contributed by atoms with Crippen molar-refractivity contribution in [1.82, 2.24) is 5.32 Å². The first-order chi connectivity index (χ1) is 8.68. The third-order valence-electron chi connectivity index (χ3n) is 3.08. The van der Waals surface area contributed by atoms with Crippen LogP contribution in [0.4, 0.5) is 5.69 Å². The van der Waals surface area contributed by atoms with Crippen LogP contribution in [0.25, 0.3) is 0 Å². The van der Waals surface area contributed by atoms with Crippen molar-refractivity contribution in [2.24, 2.45) is 5.92 Å². The number of hydrogen-bond donors (Lipinski definition) is 2. The minimum absolute atomic E-state index is 0.219. The second-order valence-electron chi connectivity index (χ2n) is 4.50. The van der Waals surface area contributed by atoms with Crippen LogP contribution in [0, 0.1) is 5.92 Å². The molecule has 4 nitrogen and oxygen atoms in total. The van der Waals surface area contributed by atoms with Crippen molar-refractivity contribution in [2.45, 2.75) is 12.8 Å². The molecule has 2 rings (SSSR count). The lowest BCUT2D eigenvalue weighted by Crippen LogP contribution is -2.33. The molecule has 1 amide bonds. The second kappa shape index (κ2) is 6.07. The lowest BCUT2D eigenvalue weighted by molar-refractivity contribution is 0.0536. The molecule has 1 heterocycles. The Morgan fingerprint density at radius 3 is 3.06 bits per heavy atom. The number of nitrogens with one attached hydrogen (secondary N) is 1. The summed E-state index contributed by atoms with van der Waals surface area (Å²) in [4.78, 5) is 12.0. The molecule has 0 aromatic heterocycles. The maximum absolute atomic E-state index is 12.0. The van der Waals surface area contributed by atoms with Gasteiger partial charge < -0.3 is 15.8 Å². The summed E-state index contributed by atoms with van der Waals surface area (Å²) < 4.78 is 5.37. The van der Waals surface area contributed by atoms with Crippen molar-refractivity contribution < 1.29 is 9.53 Å². The number of nitrogens with two attached hydrogens (primary N) is 1. The maximum Gasteiger partial charge on any atom is 0.254 e. The largest absolute Gasteiger partial charge is 0.398 e. The molecule has 98 valence electrons. The van der Waals surface area contributed by atoms with Crippen LogP contribution in [-0.2, 0) is 4.74 Å². The van der Waals surface area contributed by atoms with Gasteiger partial charge in [0.1, 0.15) is 0 Å². The van der Waals surface area contributed by atoms with Crippen LogP contribution >= 0.6 is 11.6 Å². The topological polar surface area (TPSA) is 64.4 Å². The third-order valence-corrected chi connectivity index (χ3v) is 3.39. The Hall–Kier alpha value is -1.26. The summed E-state index contributed by atoms with van der Waals surface area (Å²) in [6, 6.07) is 5.06. The highest BCUT2D eigenvalue weighted by Crippen LogP contribution is 2.22. The summed E-state index contributed by atoms with van der Waals surface area (Å²) in [5.41, 5.74) is 6.52. The standard InChI is InChI=1S/C13H17ClN2O2/c14-10-4-1-5-11(15)12(10)13(17)16-7-9-3-2-6-18-8-9/h1,4-5,9H,2-3,6-8,15H2,(H,16,17). The molecular weight excluding hydrogens is 252 g/mol. The van der Waals surface area contributed by atoms with Crippen molar-refractivity contribution in [3.05, 3.63) is 28.8 Å². The number of hydrogen-bond acceptors (Lipinski definition) is 3. The Balaban J connectivity index is 1.95. The Morgan fingerprint density at radius 1 is 1.56 bits per heavy atom. The molecule has 1 fully saturated rings. The van der Waals surface area contributed by atoms with E-state index in [1.165, 1.54) is 0 Å². The molecule has 1 unspecified atom stereocenters. The zero-order valence-electron chi connectivity index (χ0n) is 10.1. The van der Waals surface area contributed by atoms with Gasteiger partial charge in [-0.1, -0.05) is 17.7 Å². The second-order valence-corrected chi connectivity index (χ2v) is 4.90. The van der Waals surface area contributed by atoms with Crippen LogP contribution in [0.3, 0.4) is 0 Å². The molecule has 0 radical (unpaired) electrons. The molecular formula is C13H17ClN2O2. The molecule has 1 aliphatic heterocycles. The van der Waals surface area contributed by atoms with Gasteiger partial charge in [0, 0.05) is 18.8 Å². The van der Waals surface area contributed by atoms with E-state index in [1.807, 2.05) is 0 Å². The van der Waals surface area contributed by atoms with Gasteiger partial charge in [0.05, 0.1) is 17.2 Å². The minimum Gasteiger partial charge on any atom is -0.398 e. The van der Waals surface area contributed by atoms with E-state index in [0.717, 1.165) is 19.4 Å². The fourth-order valence-electron chi connectivity index (χ4n) is 2.07. The van der Waals surface area contributed by atoms with E-state index < -0.39 is 0 Å². The highest BCUT2D eigenvalue weighted by molar-refractivity contribution is 6.34. The van der Waals surface area contributed by atoms with Crippen LogP contribution < -0.4 is 11.1 Å². The number of nitrogen functional groups attached to an aromatic ring is 1. The highest BCUT2D eigenvalue weighted by atomic mass is 35.5. The molecule has 0 bridgehead atoms. The quantitative estimate of drug-likeness (QED) is 0.825. The van der Waals surface area contributed by atoms with Crippen molar-refractivity contribution in [2.75, 3.05) is 25.5 Å². The molecule has 0 aliphatic carbocycles.